The van der Waals surface area contributed by atoms with Crippen molar-refractivity contribution in [3.63, 3.8) is 0 Å². The second-order valence-corrected chi connectivity index (χ2v) is 6.39. The van der Waals surface area contributed by atoms with Crippen LogP contribution in [0.25, 0.3) is 0 Å². The molecule has 24 heavy (non-hydrogen) atoms. The lowest BCUT2D eigenvalue weighted by molar-refractivity contribution is -0.137. The largest absolute Gasteiger partial charge is 0.481 e. The van der Waals surface area contributed by atoms with Crippen molar-refractivity contribution in [3.8, 4) is 0 Å². The van der Waals surface area contributed by atoms with E-state index in [1.807, 2.05) is 30.4 Å². The predicted octanol–water partition coefficient (Wildman–Crippen LogP) is 4.06. The zero-order chi connectivity index (χ0) is 17.8. The topological polar surface area (TPSA) is 74.6 Å². The number of aliphatic hydroxyl groups is 1. The highest BCUT2D eigenvalue weighted by atomic mass is 16.4. The zero-order valence-corrected chi connectivity index (χ0v) is 14.6. The molecule has 0 aromatic rings. The van der Waals surface area contributed by atoms with Crippen LogP contribution in [-0.2, 0) is 9.59 Å². The Morgan fingerprint density at radius 3 is 2.79 bits per heavy atom. The van der Waals surface area contributed by atoms with Gasteiger partial charge in [-0.15, -0.1) is 0 Å². The molecule has 4 heteroatoms. The summed E-state index contributed by atoms with van der Waals surface area (Å²) in [6, 6.07) is 0. The second kappa shape index (κ2) is 11.8. The van der Waals surface area contributed by atoms with Gasteiger partial charge in [-0.3, -0.25) is 9.59 Å². The van der Waals surface area contributed by atoms with E-state index in [1.165, 1.54) is 0 Å². The summed E-state index contributed by atoms with van der Waals surface area (Å²) in [6.45, 7) is 2.14. The van der Waals surface area contributed by atoms with Gasteiger partial charge in [0.2, 0.25) is 0 Å². The number of unbranched alkanes of at least 4 members (excludes halogenated alkanes) is 3. The van der Waals surface area contributed by atoms with E-state index in [0.29, 0.717) is 12.8 Å². The van der Waals surface area contributed by atoms with Crippen molar-refractivity contribution < 1.29 is 19.8 Å². The molecule has 0 radical (unpaired) electrons. The number of carboxylic acids is 1. The average molecular weight is 334 g/mol. The van der Waals surface area contributed by atoms with Crippen LogP contribution >= 0.6 is 0 Å². The van der Waals surface area contributed by atoms with Crippen LogP contribution in [0.5, 0.6) is 0 Å². The van der Waals surface area contributed by atoms with Crippen LogP contribution in [0.3, 0.4) is 0 Å². The number of hydrogen-bond acceptors (Lipinski definition) is 3. The first-order valence-electron chi connectivity index (χ1n) is 8.99. The number of ketones is 1. The van der Waals surface area contributed by atoms with Gasteiger partial charge in [-0.1, -0.05) is 56.6 Å². The zero-order valence-electron chi connectivity index (χ0n) is 14.6. The molecule has 0 fully saturated rings. The minimum absolute atomic E-state index is 0.0435. The number of allylic oxidation sites excluding steroid dienone is 5. The summed E-state index contributed by atoms with van der Waals surface area (Å²) in [4.78, 5) is 22.4. The van der Waals surface area contributed by atoms with E-state index in [-0.39, 0.29) is 24.0 Å². The molecule has 1 aliphatic rings. The van der Waals surface area contributed by atoms with Gasteiger partial charge >= 0.3 is 5.97 Å². The number of carbonyl (C=O) groups excluding carboxylic acids is 1. The maximum absolute atomic E-state index is 12.0. The molecule has 0 aliphatic heterocycles. The Morgan fingerprint density at radius 1 is 1.29 bits per heavy atom. The SMILES string of the molecule is CCCCC[C@@H](O)C=CC1C=CC(=O)C1CC=CCCCC(=O)O. The van der Waals surface area contributed by atoms with Gasteiger partial charge in [0.15, 0.2) is 5.78 Å². The van der Waals surface area contributed by atoms with E-state index in [9.17, 15) is 14.7 Å². The molecule has 0 saturated carbocycles. The van der Waals surface area contributed by atoms with Crippen LogP contribution < -0.4 is 0 Å². The average Bonchev–Trinajstić information content (AvgIpc) is 2.89. The monoisotopic (exact) mass is 334 g/mol. The third-order valence-electron chi connectivity index (χ3n) is 4.29. The summed E-state index contributed by atoms with van der Waals surface area (Å²) in [5, 5.41) is 18.5. The standard InChI is InChI=1S/C20H30O4/c1-2-3-6-9-17(21)14-12-16-13-15-19(22)18(16)10-7-4-5-8-11-20(23)24/h4,7,12-18,21H,2-3,5-6,8-11H2,1H3,(H,23,24)/t16?,17-,18?/m1/s1. The third kappa shape index (κ3) is 8.25. The van der Waals surface area contributed by atoms with Gasteiger partial charge in [-0.05, 0) is 31.8 Å². The fourth-order valence-corrected chi connectivity index (χ4v) is 2.81. The molecule has 0 amide bonds. The molecule has 134 valence electrons. The molecule has 0 aromatic heterocycles. The highest BCUT2D eigenvalue weighted by Crippen LogP contribution is 2.27. The van der Waals surface area contributed by atoms with Gasteiger partial charge in [-0.25, -0.2) is 0 Å². The Balaban J connectivity index is 2.38. The number of carboxylic acid groups (broad SMARTS) is 1. The van der Waals surface area contributed by atoms with Crippen molar-refractivity contribution in [3.05, 3.63) is 36.5 Å². The van der Waals surface area contributed by atoms with Crippen molar-refractivity contribution in [1.29, 1.82) is 0 Å². The van der Waals surface area contributed by atoms with Crippen LogP contribution in [0.15, 0.2) is 36.5 Å². The molecule has 0 bridgehead atoms. The van der Waals surface area contributed by atoms with Gasteiger partial charge in [0, 0.05) is 18.3 Å². The Bertz CT molecular complexity index is 476. The number of hydrogen-bond donors (Lipinski definition) is 2. The van der Waals surface area contributed by atoms with E-state index >= 15 is 0 Å². The minimum atomic E-state index is -0.777. The summed E-state index contributed by atoms with van der Waals surface area (Å²) in [7, 11) is 0. The highest BCUT2D eigenvalue weighted by molar-refractivity contribution is 5.95. The highest BCUT2D eigenvalue weighted by Gasteiger charge is 2.27. The van der Waals surface area contributed by atoms with Crippen molar-refractivity contribution in [2.45, 2.75) is 64.4 Å². The molecule has 0 heterocycles. The fraction of sp³-hybridized carbons (Fsp3) is 0.600. The van der Waals surface area contributed by atoms with Crippen LogP contribution in [0.2, 0.25) is 0 Å². The van der Waals surface area contributed by atoms with Crippen molar-refractivity contribution in [1.82, 2.24) is 0 Å². The minimum Gasteiger partial charge on any atom is -0.481 e. The fourth-order valence-electron chi connectivity index (χ4n) is 2.81. The van der Waals surface area contributed by atoms with Gasteiger partial charge in [0.05, 0.1) is 6.10 Å². The summed E-state index contributed by atoms with van der Waals surface area (Å²) < 4.78 is 0. The number of rotatable bonds is 12. The van der Waals surface area contributed by atoms with Crippen LogP contribution in [0.1, 0.15) is 58.3 Å². The first kappa shape index (κ1) is 20.4. The lowest BCUT2D eigenvalue weighted by Crippen LogP contribution is -2.14. The molecular weight excluding hydrogens is 304 g/mol. The number of aliphatic carboxylic acids is 1. The second-order valence-electron chi connectivity index (χ2n) is 6.39. The van der Waals surface area contributed by atoms with Crippen LogP contribution in [0, 0.1) is 11.8 Å². The van der Waals surface area contributed by atoms with Crippen molar-refractivity contribution in [2.24, 2.45) is 11.8 Å². The molecule has 0 spiro atoms. The lowest BCUT2D eigenvalue weighted by atomic mass is 9.90. The lowest BCUT2D eigenvalue weighted by Gasteiger charge is -2.13. The molecule has 3 atom stereocenters. The molecule has 2 unspecified atom stereocenters. The van der Waals surface area contributed by atoms with Crippen LogP contribution in [0.4, 0.5) is 0 Å². The molecular formula is C20H30O4. The van der Waals surface area contributed by atoms with Gasteiger partial charge in [0.25, 0.3) is 0 Å². The van der Waals surface area contributed by atoms with E-state index in [2.05, 4.69) is 6.92 Å². The molecule has 0 aromatic carbocycles. The first-order valence-corrected chi connectivity index (χ1v) is 8.99. The molecule has 4 nitrogen and oxygen atoms in total. The van der Waals surface area contributed by atoms with Crippen molar-refractivity contribution in [2.75, 3.05) is 0 Å². The Kier molecular flexibility index (Phi) is 10.0. The molecule has 2 N–H and O–H groups in total. The Morgan fingerprint density at radius 2 is 2.08 bits per heavy atom. The number of carbonyl (C=O) groups is 2. The molecule has 1 aliphatic carbocycles. The van der Waals surface area contributed by atoms with E-state index < -0.39 is 12.1 Å². The molecule has 0 saturated heterocycles. The summed E-state index contributed by atoms with van der Waals surface area (Å²) in [5.74, 6) is -0.705. The normalized spacial score (nSPS) is 22.0. The van der Waals surface area contributed by atoms with Crippen LogP contribution in [-0.4, -0.2) is 28.1 Å². The summed E-state index contributed by atoms with van der Waals surface area (Å²) in [6.07, 6.45) is 17.0. The predicted molar refractivity (Wildman–Crippen MR) is 95.7 cm³/mol. The number of aliphatic hydroxyl groups excluding tert-OH is 1. The molecule has 1 rings (SSSR count). The maximum Gasteiger partial charge on any atom is 0.303 e. The maximum atomic E-state index is 12.0. The smallest absolute Gasteiger partial charge is 0.303 e. The van der Waals surface area contributed by atoms with E-state index in [0.717, 1.165) is 32.1 Å². The quantitative estimate of drug-likeness (QED) is 0.417. The Hall–Kier alpha value is -1.68. The van der Waals surface area contributed by atoms with Crippen molar-refractivity contribution >= 4 is 11.8 Å². The van der Waals surface area contributed by atoms with Gasteiger partial charge in [0.1, 0.15) is 0 Å². The van der Waals surface area contributed by atoms with Gasteiger partial charge < -0.3 is 10.2 Å². The first-order chi connectivity index (χ1) is 11.5. The van der Waals surface area contributed by atoms with E-state index in [4.69, 9.17) is 5.11 Å². The Labute approximate surface area is 145 Å². The summed E-state index contributed by atoms with van der Waals surface area (Å²) in [5.41, 5.74) is 0. The van der Waals surface area contributed by atoms with E-state index in [1.54, 1.807) is 6.08 Å². The van der Waals surface area contributed by atoms with Gasteiger partial charge in [-0.2, -0.15) is 0 Å². The third-order valence-corrected chi connectivity index (χ3v) is 4.29. The summed E-state index contributed by atoms with van der Waals surface area (Å²) >= 11 is 0.